The molecule has 0 amide bonds. The molecular formula is C13H23F3O. The highest BCUT2D eigenvalue weighted by Crippen LogP contribution is 2.16. The number of hydrogen-bond acceptors (Lipinski definition) is 1. The Hall–Kier alpha value is -0.510. The zero-order valence-corrected chi connectivity index (χ0v) is 10.9. The van der Waals surface area contributed by atoms with Crippen molar-refractivity contribution in [1.29, 1.82) is 0 Å². The lowest BCUT2D eigenvalue weighted by Crippen LogP contribution is -2.19. The lowest BCUT2D eigenvalue weighted by molar-refractivity contribution is -0.0809. The first-order chi connectivity index (χ1) is 7.71. The Balaban J connectivity index is 0.000000419. The molecule has 1 aliphatic carbocycles. The van der Waals surface area contributed by atoms with E-state index in [0.717, 1.165) is 6.08 Å². The molecular weight excluding hydrogens is 229 g/mol. The van der Waals surface area contributed by atoms with Gasteiger partial charge in [-0.05, 0) is 20.8 Å². The molecule has 0 spiro atoms. The smallest absolute Gasteiger partial charge is 0.372 e. The van der Waals surface area contributed by atoms with Gasteiger partial charge in [0.1, 0.15) is 0 Å². The minimum atomic E-state index is -4.23. The van der Waals surface area contributed by atoms with Crippen LogP contribution in [0.4, 0.5) is 13.2 Å². The van der Waals surface area contributed by atoms with Crippen LogP contribution in [0.25, 0.3) is 0 Å². The molecule has 1 saturated carbocycles. The molecule has 0 aromatic carbocycles. The molecule has 0 heterocycles. The van der Waals surface area contributed by atoms with Crippen LogP contribution in [0.15, 0.2) is 12.2 Å². The van der Waals surface area contributed by atoms with Gasteiger partial charge >= 0.3 is 6.18 Å². The summed E-state index contributed by atoms with van der Waals surface area (Å²) in [5.41, 5.74) is -0.393. The van der Waals surface area contributed by atoms with E-state index >= 15 is 0 Å². The summed E-state index contributed by atoms with van der Waals surface area (Å²) in [5, 5.41) is 0. The van der Waals surface area contributed by atoms with Gasteiger partial charge in [0.15, 0.2) is 0 Å². The van der Waals surface area contributed by atoms with Crippen LogP contribution in [0.5, 0.6) is 0 Å². The molecule has 0 aromatic heterocycles. The van der Waals surface area contributed by atoms with Gasteiger partial charge in [-0.3, -0.25) is 0 Å². The summed E-state index contributed by atoms with van der Waals surface area (Å²) in [6, 6.07) is 0. The molecule has 0 unspecified atom stereocenters. The molecule has 1 fully saturated rings. The average molecular weight is 252 g/mol. The van der Waals surface area contributed by atoms with Gasteiger partial charge < -0.3 is 4.74 Å². The van der Waals surface area contributed by atoms with Gasteiger partial charge in [-0.15, -0.1) is 0 Å². The molecule has 1 rings (SSSR count). The normalized spacial score (nSPS) is 17.1. The van der Waals surface area contributed by atoms with E-state index in [2.05, 4.69) is 0 Å². The monoisotopic (exact) mass is 252 g/mol. The summed E-state index contributed by atoms with van der Waals surface area (Å²) < 4.78 is 39.6. The molecule has 1 aliphatic rings. The molecule has 0 aromatic rings. The number of hydrogen-bond donors (Lipinski definition) is 0. The van der Waals surface area contributed by atoms with E-state index in [9.17, 15) is 13.2 Å². The van der Waals surface area contributed by atoms with Gasteiger partial charge in [0.25, 0.3) is 0 Å². The first kappa shape index (κ1) is 16.5. The molecule has 17 heavy (non-hydrogen) atoms. The van der Waals surface area contributed by atoms with Gasteiger partial charge in [-0.2, -0.15) is 13.2 Å². The van der Waals surface area contributed by atoms with Crippen LogP contribution in [0, 0.1) is 0 Å². The highest BCUT2D eigenvalue weighted by Gasteiger charge is 2.21. The van der Waals surface area contributed by atoms with Crippen molar-refractivity contribution >= 4 is 0 Å². The van der Waals surface area contributed by atoms with Crippen LogP contribution < -0.4 is 0 Å². The average Bonchev–Trinajstić information content (AvgIpc) is 2.67. The highest BCUT2D eigenvalue weighted by molar-refractivity contribution is 4.88. The second-order valence-corrected chi connectivity index (χ2v) is 5.14. The van der Waals surface area contributed by atoms with Crippen molar-refractivity contribution in [2.75, 3.05) is 6.61 Å². The van der Waals surface area contributed by atoms with Gasteiger partial charge in [0, 0.05) is 6.08 Å². The zero-order chi connectivity index (χ0) is 13.4. The highest BCUT2D eigenvalue weighted by atomic mass is 19.4. The summed E-state index contributed by atoms with van der Waals surface area (Å²) in [7, 11) is 0. The summed E-state index contributed by atoms with van der Waals surface area (Å²) in [5.74, 6) is 0. The molecule has 1 nitrogen and oxygen atoms in total. The third kappa shape index (κ3) is 15.5. The van der Waals surface area contributed by atoms with Gasteiger partial charge in [-0.25, -0.2) is 0 Å². The van der Waals surface area contributed by atoms with Crippen molar-refractivity contribution in [2.24, 2.45) is 0 Å². The molecule has 0 saturated heterocycles. The molecule has 102 valence electrons. The van der Waals surface area contributed by atoms with Crippen LogP contribution in [0.1, 0.15) is 52.9 Å². The minimum absolute atomic E-state index is 0.0109. The quantitative estimate of drug-likeness (QED) is 0.637. The SMILES string of the molecule is C1CCCC1.CC(C)(C)OCC=CC(F)(F)F. The summed E-state index contributed by atoms with van der Waals surface area (Å²) >= 11 is 0. The lowest BCUT2D eigenvalue weighted by atomic mass is 10.2. The van der Waals surface area contributed by atoms with Crippen molar-refractivity contribution in [2.45, 2.75) is 64.7 Å². The topological polar surface area (TPSA) is 9.23 Å². The second-order valence-electron chi connectivity index (χ2n) is 5.14. The Labute approximate surface area is 102 Å². The van der Waals surface area contributed by atoms with Gasteiger partial charge in [-0.1, -0.05) is 38.2 Å². The van der Waals surface area contributed by atoms with Crippen molar-refractivity contribution in [3.63, 3.8) is 0 Å². The van der Waals surface area contributed by atoms with Crippen molar-refractivity contribution in [1.82, 2.24) is 0 Å². The van der Waals surface area contributed by atoms with E-state index in [4.69, 9.17) is 4.74 Å². The van der Waals surface area contributed by atoms with E-state index < -0.39 is 11.8 Å². The Morgan fingerprint density at radius 3 is 1.65 bits per heavy atom. The maximum Gasteiger partial charge on any atom is 0.409 e. The maximum absolute atomic E-state index is 11.5. The third-order valence-electron chi connectivity index (χ3n) is 2.17. The molecule has 4 heteroatoms. The summed E-state index contributed by atoms with van der Waals surface area (Å²) in [6.07, 6.45) is 4.41. The first-order valence-corrected chi connectivity index (χ1v) is 6.09. The maximum atomic E-state index is 11.5. The van der Waals surface area contributed by atoms with Crippen LogP contribution in [0.2, 0.25) is 0 Å². The summed E-state index contributed by atoms with van der Waals surface area (Å²) in [4.78, 5) is 0. The fourth-order valence-corrected chi connectivity index (χ4v) is 1.36. The van der Waals surface area contributed by atoms with Crippen molar-refractivity contribution < 1.29 is 17.9 Å². The number of allylic oxidation sites excluding steroid dienone is 1. The molecule has 0 bridgehead atoms. The van der Waals surface area contributed by atoms with Crippen LogP contribution in [-0.2, 0) is 4.74 Å². The zero-order valence-electron chi connectivity index (χ0n) is 10.9. The van der Waals surface area contributed by atoms with E-state index in [0.29, 0.717) is 0 Å². The van der Waals surface area contributed by atoms with Gasteiger partial charge in [0.2, 0.25) is 0 Å². The number of ether oxygens (including phenoxy) is 1. The van der Waals surface area contributed by atoms with Crippen LogP contribution in [-0.4, -0.2) is 18.4 Å². The first-order valence-electron chi connectivity index (χ1n) is 6.09. The predicted octanol–water partition coefficient (Wildman–Crippen LogP) is 4.87. The van der Waals surface area contributed by atoms with E-state index in [1.165, 1.54) is 32.1 Å². The molecule has 0 aliphatic heterocycles. The third-order valence-corrected chi connectivity index (χ3v) is 2.17. The van der Waals surface area contributed by atoms with E-state index in [1.807, 2.05) is 0 Å². The fourth-order valence-electron chi connectivity index (χ4n) is 1.36. The standard InChI is InChI=1S/C8H13F3O.C5H10/c1-7(2,3)12-6-4-5-8(9,10)11;1-2-4-5-3-1/h4-5H,6H2,1-3H3;1-5H2. The second kappa shape index (κ2) is 7.75. The van der Waals surface area contributed by atoms with Crippen LogP contribution in [0.3, 0.4) is 0 Å². The van der Waals surface area contributed by atoms with Crippen molar-refractivity contribution in [3.05, 3.63) is 12.2 Å². The minimum Gasteiger partial charge on any atom is -0.372 e. The van der Waals surface area contributed by atoms with E-state index in [-0.39, 0.29) is 12.7 Å². The number of rotatable bonds is 2. The Morgan fingerprint density at radius 1 is 0.941 bits per heavy atom. The molecule has 0 atom stereocenters. The Morgan fingerprint density at radius 2 is 1.35 bits per heavy atom. The van der Waals surface area contributed by atoms with Crippen molar-refractivity contribution in [3.8, 4) is 0 Å². The Kier molecular flexibility index (Phi) is 7.51. The molecule has 0 radical (unpaired) electrons. The number of alkyl halides is 3. The Bertz CT molecular complexity index is 202. The molecule has 0 N–H and O–H groups in total. The fraction of sp³-hybridized carbons (Fsp3) is 0.846. The summed E-state index contributed by atoms with van der Waals surface area (Å²) in [6.45, 7) is 5.35. The van der Waals surface area contributed by atoms with E-state index in [1.54, 1.807) is 20.8 Å². The largest absolute Gasteiger partial charge is 0.409 e. The van der Waals surface area contributed by atoms with Crippen LogP contribution >= 0.6 is 0 Å². The lowest BCUT2D eigenvalue weighted by Gasteiger charge is -2.17. The van der Waals surface area contributed by atoms with Gasteiger partial charge in [0.05, 0.1) is 12.2 Å². The predicted molar refractivity (Wildman–Crippen MR) is 64.0 cm³/mol. The number of halogens is 3.